The highest BCUT2D eigenvalue weighted by molar-refractivity contribution is 8.47. The fourth-order valence-electron chi connectivity index (χ4n) is 5.19. The van der Waals surface area contributed by atoms with Crippen molar-refractivity contribution < 1.29 is 0 Å². The van der Waals surface area contributed by atoms with E-state index >= 15 is 0 Å². The molecule has 2 nitrogen and oxygen atoms in total. The van der Waals surface area contributed by atoms with Gasteiger partial charge in [-0.1, -0.05) is 42.5 Å². The van der Waals surface area contributed by atoms with Gasteiger partial charge in [-0.25, -0.2) is 20.1 Å². The van der Waals surface area contributed by atoms with Crippen molar-refractivity contribution >= 4 is 52.8 Å². The fraction of sp³-hybridized carbons (Fsp3) is 0.250. The van der Waals surface area contributed by atoms with E-state index in [0.29, 0.717) is 4.58 Å². The van der Waals surface area contributed by atoms with Crippen LogP contribution < -0.4 is 0 Å². The molecular weight excluding hydrogens is 428 g/mol. The lowest BCUT2D eigenvalue weighted by atomic mass is 10.1. The number of fused-ring (bicyclic) bond motifs is 4. The summed E-state index contributed by atoms with van der Waals surface area (Å²) in [4.78, 5) is 5.19. The van der Waals surface area contributed by atoms with Crippen molar-refractivity contribution in [1.29, 1.82) is 0 Å². The Hall–Kier alpha value is -2.43. The molecule has 0 aliphatic heterocycles. The molecule has 2 heterocycles. The second kappa shape index (κ2) is 7.57. The molecule has 0 bridgehead atoms. The van der Waals surface area contributed by atoms with Crippen LogP contribution in [0.4, 0.5) is 0 Å². The molecule has 5 aromatic rings. The molecule has 32 heavy (non-hydrogen) atoms. The van der Waals surface area contributed by atoms with E-state index < -0.39 is 20.1 Å². The van der Waals surface area contributed by atoms with E-state index in [0.717, 1.165) is 5.52 Å². The lowest BCUT2D eigenvalue weighted by Gasteiger charge is -2.47. The van der Waals surface area contributed by atoms with Crippen molar-refractivity contribution in [1.82, 2.24) is 9.55 Å². The molecular formula is C28H32N2S2. The average Bonchev–Trinajstić information content (AvgIpc) is 3.06. The van der Waals surface area contributed by atoms with Crippen molar-refractivity contribution in [3.05, 3.63) is 84.6 Å². The van der Waals surface area contributed by atoms with E-state index in [4.69, 9.17) is 4.98 Å². The van der Waals surface area contributed by atoms with Crippen LogP contribution in [0.25, 0.3) is 38.4 Å². The summed E-state index contributed by atoms with van der Waals surface area (Å²) >= 11 is 0. The lowest BCUT2D eigenvalue weighted by Crippen LogP contribution is -2.15. The number of aromatic nitrogens is 2. The van der Waals surface area contributed by atoms with Gasteiger partial charge in [0.05, 0.1) is 26.8 Å². The molecule has 3 aromatic carbocycles. The maximum absolute atomic E-state index is 5.19. The standard InChI is InChI=1S/C28H32N2S2/c1-31(2,3)28(32(4,5)6)25-17-15-20-19-21(16-18-24(20)29-25)30-26-13-9-7-11-22(26)23-12-8-10-14-27(23)30/h7-19,28H,1-6H3. The quantitative estimate of drug-likeness (QED) is 0.268. The van der Waals surface area contributed by atoms with Gasteiger partial charge in [0.15, 0.2) is 0 Å². The van der Waals surface area contributed by atoms with E-state index in [9.17, 15) is 0 Å². The number of pyridine rings is 1. The molecule has 0 spiro atoms. The second-order valence-electron chi connectivity index (χ2n) is 10.2. The Morgan fingerprint density at radius 1 is 0.656 bits per heavy atom. The number of benzene rings is 3. The lowest BCUT2D eigenvalue weighted by molar-refractivity contribution is 1.16. The number of rotatable bonds is 4. The van der Waals surface area contributed by atoms with Gasteiger partial charge < -0.3 is 4.57 Å². The van der Waals surface area contributed by atoms with E-state index in [1.54, 1.807) is 0 Å². The summed E-state index contributed by atoms with van der Waals surface area (Å²) in [6.45, 7) is 0. The summed E-state index contributed by atoms with van der Waals surface area (Å²) < 4.78 is 2.91. The first kappa shape index (κ1) is 21.4. The smallest absolute Gasteiger partial charge is 0.0707 e. The summed E-state index contributed by atoms with van der Waals surface area (Å²) in [5.74, 6) is 0. The molecule has 0 radical (unpaired) electrons. The van der Waals surface area contributed by atoms with Crippen LogP contribution in [-0.4, -0.2) is 47.1 Å². The van der Waals surface area contributed by atoms with Gasteiger partial charge in [0, 0.05) is 21.8 Å². The molecule has 0 aliphatic rings. The Morgan fingerprint density at radius 2 is 1.22 bits per heavy atom. The minimum atomic E-state index is -0.766. The zero-order chi connectivity index (χ0) is 22.7. The number of para-hydroxylation sites is 2. The van der Waals surface area contributed by atoms with Crippen LogP contribution in [0.5, 0.6) is 0 Å². The van der Waals surface area contributed by atoms with Crippen molar-refractivity contribution in [2.45, 2.75) is 4.58 Å². The maximum Gasteiger partial charge on any atom is 0.0707 e. The summed E-state index contributed by atoms with van der Waals surface area (Å²) in [5.41, 5.74) is 6.01. The summed E-state index contributed by atoms with van der Waals surface area (Å²) in [6.07, 6.45) is 14.5. The summed E-state index contributed by atoms with van der Waals surface area (Å²) in [5, 5.41) is 3.78. The molecule has 0 amide bonds. The van der Waals surface area contributed by atoms with Gasteiger partial charge in [-0.2, -0.15) is 0 Å². The Bertz CT molecular complexity index is 1380. The van der Waals surface area contributed by atoms with Crippen molar-refractivity contribution in [3.63, 3.8) is 0 Å². The third kappa shape index (κ3) is 3.60. The average molecular weight is 461 g/mol. The van der Waals surface area contributed by atoms with Crippen LogP contribution in [-0.2, 0) is 0 Å². The third-order valence-corrected chi connectivity index (χ3v) is 12.6. The zero-order valence-electron chi connectivity index (χ0n) is 19.8. The molecule has 0 saturated carbocycles. The zero-order valence-corrected chi connectivity index (χ0v) is 21.4. The normalized spacial score (nSPS) is 14.0. The number of hydrogen-bond acceptors (Lipinski definition) is 1. The minimum absolute atomic E-state index is 0.538. The van der Waals surface area contributed by atoms with Crippen LogP contribution in [0.2, 0.25) is 0 Å². The first-order chi connectivity index (χ1) is 15.1. The number of nitrogens with zero attached hydrogens (tertiary/aromatic N) is 2. The van der Waals surface area contributed by atoms with Crippen molar-refractivity contribution in [2.24, 2.45) is 0 Å². The van der Waals surface area contributed by atoms with Gasteiger partial charge in [0.1, 0.15) is 0 Å². The van der Waals surface area contributed by atoms with Gasteiger partial charge in [0.25, 0.3) is 0 Å². The molecule has 2 aromatic heterocycles. The van der Waals surface area contributed by atoms with Crippen molar-refractivity contribution in [3.8, 4) is 5.69 Å². The summed E-state index contributed by atoms with van der Waals surface area (Å²) in [7, 11) is -1.53. The van der Waals surface area contributed by atoms with Crippen LogP contribution in [0, 0.1) is 0 Å². The van der Waals surface area contributed by atoms with Crippen LogP contribution >= 0.6 is 20.1 Å². The molecule has 0 N–H and O–H groups in total. The van der Waals surface area contributed by atoms with E-state index in [1.165, 1.54) is 38.6 Å². The van der Waals surface area contributed by atoms with E-state index in [1.807, 2.05) is 0 Å². The third-order valence-electron chi connectivity index (χ3n) is 6.06. The van der Waals surface area contributed by atoms with E-state index in [2.05, 4.69) is 121 Å². The summed E-state index contributed by atoms with van der Waals surface area (Å²) in [6, 6.07) is 28.6. The van der Waals surface area contributed by atoms with E-state index in [-0.39, 0.29) is 0 Å². The second-order valence-corrected chi connectivity index (χ2v) is 19.1. The predicted octanol–water partition coefficient (Wildman–Crippen LogP) is 7.72. The first-order valence-electron chi connectivity index (χ1n) is 10.9. The van der Waals surface area contributed by atoms with Gasteiger partial charge in [-0.3, -0.25) is 4.98 Å². The van der Waals surface area contributed by atoms with Crippen LogP contribution in [0.1, 0.15) is 10.3 Å². The molecule has 0 unspecified atom stereocenters. The van der Waals surface area contributed by atoms with Gasteiger partial charge in [0.2, 0.25) is 0 Å². The Morgan fingerprint density at radius 3 is 1.78 bits per heavy atom. The SMILES string of the molecule is CS(C)(C)C(c1ccc2cc(-n3c4ccccc4c4ccccc43)ccc2n1)S(C)(C)C. The molecule has 4 heteroatoms. The topological polar surface area (TPSA) is 17.8 Å². The van der Waals surface area contributed by atoms with Crippen LogP contribution in [0.3, 0.4) is 0 Å². The maximum atomic E-state index is 5.19. The van der Waals surface area contributed by atoms with Gasteiger partial charge in [-0.05, 0) is 73.9 Å². The first-order valence-corrected chi connectivity index (χ1v) is 16.7. The Labute approximate surface area is 194 Å². The Kier molecular flexibility index (Phi) is 5.06. The molecule has 0 fully saturated rings. The van der Waals surface area contributed by atoms with Crippen molar-refractivity contribution in [2.75, 3.05) is 37.5 Å². The highest BCUT2D eigenvalue weighted by atomic mass is 32.3. The van der Waals surface area contributed by atoms with Crippen LogP contribution in [0.15, 0.2) is 78.9 Å². The fourth-order valence-corrected chi connectivity index (χ4v) is 13.8. The predicted molar refractivity (Wildman–Crippen MR) is 150 cm³/mol. The molecule has 0 atom stereocenters. The molecule has 0 saturated heterocycles. The highest BCUT2D eigenvalue weighted by Crippen LogP contribution is 2.68. The minimum Gasteiger partial charge on any atom is -0.309 e. The largest absolute Gasteiger partial charge is 0.309 e. The highest BCUT2D eigenvalue weighted by Gasteiger charge is 2.31. The van der Waals surface area contributed by atoms with Gasteiger partial charge in [-0.15, -0.1) is 0 Å². The number of hydrogen-bond donors (Lipinski definition) is 0. The monoisotopic (exact) mass is 460 g/mol. The molecule has 166 valence electrons. The molecule has 0 aliphatic carbocycles. The molecule has 5 rings (SSSR count). The Balaban J connectivity index is 1.68. The van der Waals surface area contributed by atoms with Gasteiger partial charge >= 0.3 is 0 Å².